The number of halogens is 1. The Labute approximate surface area is 222 Å². The fourth-order valence-corrected chi connectivity index (χ4v) is 4.39. The molecule has 0 aliphatic carbocycles. The number of aliphatic hydroxyl groups excluding tert-OH is 1. The lowest BCUT2D eigenvalue weighted by Gasteiger charge is -2.23. The first-order valence-electron chi connectivity index (χ1n) is 12.8. The van der Waals surface area contributed by atoms with Gasteiger partial charge in [-0.15, -0.1) is 0 Å². The second-order valence-electron chi connectivity index (χ2n) is 9.49. The Balaban J connectivity index is 1.27. The lowest BCUT2D eigenvalue weighted by atomic mass is 9.91. The predicted molar refractivity (Wildman–Crippen MR) is 143 cm³/mol. The zero-order chi connectivity index (χ0) is 27.0. The van der Waals surface area contributed by atoms with Gasteiger partial charge in [0.2, 0.25) is 0 Å². The van der Waals surface area contributed by atoms with E-state index in [1.807, 2.05) is 32.1 Å². The van der Waals surface area contributed by atoms with E-state index in [0.29, 0.717) is 75.3 Å². The van der Waals surface area contributed by atoms with Gasteiger partial charge in [0.1, 0.15) is 17.2 Å². The van der Waals surface area contributed by atoms with Crippen LogP contribution in [0.1, 0.15) is 30.5 Å². The third-order valence-electron chi connectivity index (χ3n) is 6.26. The van der Waals surface area contributed by atoms with E-state index in [-0.39, 0.29) is 12.5 Å². The Morgan fingerprint density at radius 1 is 0.974 bits per heavy atom. The summed E-state index contributed by atoms with van der Waals surface area (Å²) in [4.78, 5) is 12.7. The van der Waals surface area contributed by atoms with Crippen LogP contribution in [-0.2, 0) is 30.3 Å². The summed E-state index contributed by atoms with van der Waals surface area (Å²) in [7, 11) is 0. The molecule has 2 aromatic carbocycles. The normalized spacial score (nSPS) is 17.8. The second-order valence-corrected chi connectivity index (χ2v) is 9.49. The number of aliphatic hydroxyl groups is 1. The van der Waals surface area contributed by atoms with Crippen molar-refractivity contribution < 1.29 is 33.2 Å². The molecular formula is C29H35FN2O6. The summed E-state index contributed by atoms with van der Waals surface area (Å²) in [6, 6.07) is 12.5. The van der Waals surface area contributed by atoms with Crippen molar-refractivity contribution in [1.82, 2.24) is 5.32 Å². The lowest BCUT2D eigenvalue weighted by molar-refractivity contribution is -0.111. The van der Waals surface area contributed by atoms with Crippen LogP contribution in [-0.4, -0.2) is 69.4 Å². The smallest absolute Gasteiger partial charge is 0.260 e. The van der Waals surface area contributed by atoms with Gasteiger partial charge in [0.05, 0.1) is 51.8 Å². The van der Waals surface area contributed by atoms with Crippen LogP contribution < -0.4 is 10.6 Å². The van der Waals surface area contributed by atoms with E-state index in [1.165, 1.54) is 12.1 Å². The standard InChI is InChI=1S/C29H35FN2O6/c1-29(2)24(18-26(38-29)27-23-17-22(30)7-8-25(23)32-28(27)34)21-5-3-20(4-6-21)19-31-9-11-35-13-15-37-16-14-36-12-10-33/h3-8,17-18,31,33H,9-16,19H2,1-2H3,(H,32,34)/b27-26+. The molecule has 38 heavy (non-hydrogen) atoms. The van der Waals surface area contributed by atoms with Gasteiger partial charge in [-0.05, 0) is 49.2 Å². The van der Waals surface area contributed by atoms with E-state index in [1.54, 1.807) is 6.07 Å². The molecule has 4 rings (SSSR count). The van der Waals surface area contributed by atoms with E-state index in [2.05, 4.69) is 22.8 Å². The van der Waals surface area contributed by atoms with Crippen LogP contribution in [0.25, 0.3) is 11.1 Å². The van der Waals surface area contributed by atoms with Crippen molar-refractivity contribution >= 4 is 22.7 Å². The number of anilines is 1. The Morgan fingerprint density at radius 3 is 2.37 bits per heavy atom. The van der Waals surface area contributed by atoms with Crippen molar-refractivity contribution in [2.24, 2.45) is 0 Å². The highest BCUT2D eigenvalue weighted by molar-refractivity contribution is 6.32. The SMILES string of the molecule is CC1(C)O/C(=C2/C(=O)Nc3ccc(F)cc32)C=C1c1ccc(CNCCOCCOCCOCCO)cc1. The molecule has 3 N–H and O–H groups in total. The summed E-state index contributed by atoms with van der Waals surface area (Å²) in [5.41, 5.74) is 3.88. The number of carbonyl (C=O) groups excluding carboxylic acids is 1. The van der Waals surface area contributed by atoms with Crippen LogP contribution >= 0.6 is 0 Å². The van der Waals surface area contributed by atoms with E-state index in [0.717, 1.165) is 16.7 Å². The van der Waals surface area contributed by atoms with Crippen molar-refractivity contribution in [2.45, 2.75) is 26.0 Å². The molecule has 2 aliphatic heterocycles. The van der Waals surface area contributed by atoms with Crippen molar-refractivity contribution in [3.8, 4) is 0 Å². The summed E-state index contributed by atoms with van der Waals surface area (Å²) < 4.78 is 36.1. The molecule has 0 atom stereocenters. The summed E-state index contributed by atoms with van der Waals surface area (Å²) in [6.45, 7) is 8.24. The number of nitrogens with one attached hydrogen (secondary N) is 2. The van der Waals surface area contributed by atoms with Gasteiger partial charge in [0.15, 0.2) is 0 Å². The minimum atomic E-state index is -0.647. The monoisotopic (exact) mass is 526 g/mol. The van der Waals surface area contributed by atoms with E-state index in [9.17, 15) is 9.18 Å². The van der Waals surface area contributed by atoms with Gasteiger partial charge in [0, 0.05) is 29.9 Å². The number of benzene rings is 2. The third kappa shape index (κ3) is 7.06. The van der Waals surface area contributed by atoms with Crippen LogP contribution in [0.4, 0.5) is 10.1 Å². The van der Waals surface area contributed by atoms with Crippen LogP contribution in [0.3, 0.4) is 0 Å². The molecule has 0 bridgehead atoms. The molecule has 9 heteroatoms. The van der Waals surface area contributed by atoms with Gasteiger partial charge in [-0.2, -0.15) is 0 Å². The largest absolute Gasteiger partial charge is 0.482 e. The van der Waals surface area contributed by atoms with Crippen molar-refractivity contribution in [1.29, 1.82) is 0 Å². The molecule has 0 fully saturated rings. The van der Waals surface area contributed by atoms with Crippen molar-refractivity contribution in [3.05, 3.63) is 76.8 Å². The van der Waals surface area contributed by atoms with Crippen LogP contribution in [0, 0.1) is 5.82 Å². The average molecular weight is 527 g/mol. The Kier molecular flexibility index (Phi) is 9.65. The maximum Gasteiger partial charge on any atom is 0.260 e. The summed E-state index contributed by atoms with van der Waals surface area (Å²) in [5, 5.41) is 14.8. The molecule has 0 aromatic heterocycles. The van der Waals surface area contributed by atoms with E-state index in [4.69, 9.17) is 24.1 Å². The molecule has 0 radical (unpaired) electrons. The second kappa shape index (κ2) is 13.1. The van der Waals surface area contributed by atoms with E-state index >= 15 is 0 Å². The highest BCUT2D eigenvalue weighted by atomic mass is 19.1. The van der Waals surface area contributed by atoms with Gasteiger partial charge >= 0.3 is 0 Å². The number of carbonyl (C=O) groups is 1. The van der Waals surface area contributed by atoms with E-state index < -0.39 is 11.4 Å². The van der Waals surface area contributed by atoms with Gasteiger partial charge < -0.3 is 34.7 Å². The molecule has 1 amide bonds. The van der Waals surface area contributed by atoms with Crippen LogP contribution in [0.15, 0.2) is 54.3 Å². The molecule has 0 unspecified atom stereocenters. The van der Waals surface area contributed by atoms with Crippen LogP contribution in [0.5, 0.6) is 0 Å². The maximum atomic E-state index is 13.9. The zero-order valence-corrected chi connectivity index (χ0v) is 21.8. The first-order valence-corrected chi connectivity index (χ1v) is 12.8. The van der Waals surface area contributed by atoms with Gasteiger partial charge in [-0.25, -0.2) is 4.39 Å². The molecule has 0 saturated heterocycles. The topological polar surface area (TPSA) is 98.3 Å². The number of hydrogen-bond donors (Lipinski definition) is 3. The fraction of sp³-hybridized carbons (Fsp3) is 0.414. The summed E-state index contributed by atoms with van der Waals surface area (Å²) in [6.07, 6.45) is 1.88. The summed E-state index contributed by atoms with van der Waals surface area (Å²) >= 11 is 0. The minimum Gasteiger partial charge on any atom is -0.482 e. The lowest BCUT2D eigenvalue weighted by Crippen LogP contribution is -2.21. The molecular weight excluding hydrogens is 491 g/mol. The van der Waals surface area contributed by atoms with Gasteiger partial charge in [0.25, 0.3) is 5.91 Å². The van der Waals surface area contributed by atoms with Crippen molar-refractivity contribution in [3.63, 3.8) is 0 Å². The molecule has 0 spiro atoms. The highest BCUT2D eigenvalue weighted by Crippen LogP contribution is 2.44. The number of fused-ring (bicyclic) bond motifs is 1. The average Bonchev–Trinajstić information content (AvgIpc) is 3.39. The Morgan fingerprint density at radius 2 is 1.66 bits per heavy atom. The quantitative estimate of drug-likeness (QED) is 0.256. The number of rotatable bonds is 14. The maximum absolute atomic E-state index is 13.9. The first-order chi connectivity index (χ1) is 18.4. The summed E-state index contributed by atoms with van der Waals surface area (Å²) in [5.74, 6) is -0.255. The number of hydrogen-bond acceptors (Lipinski definition) is 7. The van der Waals surface area contributed by atoms with Gasteiger partial charge in [-0.1, -0.05) is 24.3 Å². The first kappa shape index (κ1) is 27.9. The molecule has 204 valence electrons. The third-order valence-corrected chi connectivity index (χ3v) is 6.26. The molecule has 2 aromatic rings. The highest BCUT2D eigenvalue weighted by Gasteiger charge is 2.38. The Bertz CT molecular complexity index is 1180. The number of ether oxygens (including phenoxy) is 4. The zero-order valence-electron chi connectivity index (χ0n) is 21.8. The molecule has 2 aliphatic rings. The van der Waals surface area contributed by atoms with Crippen LogP contribution in [0.2, 0.25) is 0 Å². The fourth-order valence-electron chi connectivity index (χ4n) is 4.39. The molecule has 0 saturated carbocycles. The Hall–Kier alpha value is -3.08. The molecule has 8 nitrogen and oxygen atoms in total. The van der Waals surface area contributed by atoms with Crippen molar-refractivity contribution in [2.75, 3.05) is 58.1 Å². The minimum absolute atomic E-state index is 0.0197. The number of amides is 1. The number of allylic oxidation sites excluding steroid dienone is 1. The van der Waals surface area contributed by atoms with Gasteiger partial charge in [-0.3, -0.25) is 4.79 Å². The predicted octanol–water partition coefficient (Wildman–Crippen LogP) is 3.51. The molecule has 2 heterocycles.